The van der Waals surface area contributed by atoms with E-state index >= 15 is 0 Å². The summed E-state index contributed by atoms with van der Waals surface area (Å²) in [6.07, 6.45) is 0.458. The molecule has 1 saturated heterocycles. The van der Waals surface area contributed by atoms with Crippen molar-refractivity contribution in [1.29, 1.82) is 0 Å². The second-order valence-corrected chi connectivity index (χ2v) is 5.50. The molecule has 2 atom stereocenters. The Hall–Kier alpha value is -1.13. The number of benzene rings is 1. The lowest BCUT2D eigenvalue weighted by Gasteiger charge is -2.27. The maximum atomic E-state index is 14.2. The van der Waals surface area contributed by atoms with E-state index in [2.05, 4.69) is 23.6 Å². The van der Waals surface area contributed by atoms with Crippen LogP contribution in [0.15, 0.2) is 18.2 Å². The molecular formula is C16H25FN2O. The summed E-state index contributed by atoms with van der Waals surface area (Å²) in [6.45, 7) is 9.85. The highest BCUT2D eigenvalue weighted by Crippen LogP contribution is 2.27. The van der Waals surface area contributed by atoms with Crippen molar-refractivity contribution in [2.24, 2.45) is 0 Å². The van der Waals surface area contributed by atoms with Crippen LogP contribution in [0.4, 0.5) is 10.1 Å². The van der Waals surface area contributed by atoms with Crippen LogP contribution in [0.3, 0.4) is 0 Å². The molecule has 0 amide bonds. The Balaban J connectivity index is 2.10. The van der Waals surface area contributed by atoms with Crippen LogP contribution in [0.1, 0.15) is 38.9 Å². The van der Waals surface area contributed by atoms with Crippen LogP contribution in [0, 0.1) is 5.82 Å². The summed E-state index contributed by atoms with van der Waals surface area (Å²) >= 11 is 0. The zero-order valence-electron chi connectivity index (χ0n) is 12.6. The highest BCUT2D eigenvalue weighted by molar-refractivity contribution is 5.50. The third-order valence-electron chi connectivity index (χ3n) is 4.29. The van der Waals surface area contributed by atoms with Crippen molar-refractivity contribution >= 4 is 5.69 Å². The number of aliphatic hydroxyl groups is 1. The minimum absolute atomic E-state index is 0.233. The summed E-state index contributed by atoms with van der Waals surface area (Å²) < 4.78 is 14.2. The lowest BCUT2D eigenvalue weighted by atomic mass is 10.1. The summed E-state index contributed by atoms with van der Waals surface area (Å²) in [5, 5.41) is 9.50. The van der Waals surface area contributed by atoms with Crippen LogP contribution in [-0.2, 0) is 0 Å². The van der Waals surface area contributed by atoms with Crippen LogP contribution in [-0.4, -0.2) is 42.2 Å². The normalized spacial score (nSPS) is 20.7. The third-order valence-corrected chi connectivity index (χ3v) is 4.29. The highest BCUT2D eigenvalue weighted by atomic mass is 19.1. The molecule has 2 rings (SSSR count). The van der Waals surface area contributed by atoms with Gasteiger partial charge in [-0.1, -0.05) is 19.9 Å². The molecule has 1 aliphatic heterocycles. The first kappa shape index (κ1) is 15.3. The minimum atomic E-state index is -0.624. The van der Waals surface area contributed by atoms with Gasteiger partial charge in [-0.2, -0.15) is 0 Å². The summed E-state index contributed by atoms with van der Waals surface area (Å²) in [7, 11) is 0. The molecule has 0 aromatic heterocycles. The molecule has 1 N–H and O–H groups in total. The number of hydrogen-bond donors (Lipinski definition) is 1. The fraction of sp³-hybridized carbons (Fsp3) is 0.625. The Morgan fingerprint density at radius 1 is 1.40 bits per heavy atom. The molecule has 1 heterocycles. The van der Waals surface area contributed by atoms with Crippen LogP contribution >= 0.6 is 0 Å². The fourth-order valence-electron chi connectivity index (χ4n) is 3.04. The van der Waals surface area contributed by atoms with E-state index < -0.39 is 6.10 Å². The maximum Gasteiger partial charge on any atom is 0.146 e. The van der Waals surface area contributed by atoms with Gasteiger partial charge < -0.3 is 10.0 Å². The van der Waals surface area contributed by atoms with Gasteiger partial charge in [0.25, 0.3) is 0 Å². The van der Waals surface area contributed by atoms with Crippen molar-refractivity contribution in [3.8, 4) is 0 Å². The first-order valence-electron chi connectivity index (χ1n) is 7.53. The third kappa shape index (κ3) is 3.13. The molecule has 1 aliphatic rings. The quantitative estimate of drug-likeness (QED) is 0.898. The summed E-state index contributed by atoms with van der Waals surface area (Å²) in [5.74, 6) is -0.233. The van der Waals surface area contributed by atoms with Crippen LogP contribution in [0.25, 0.3) is 0 Å². The Morgan fingerprint density at radius 3 is 2.65 bits per heavy atom. The molecule has 1 unspecified atom stereocenters. The van der Waals surface area contributed by atoms with Gasteiger partial charge in [-0.05, 0) is 44.1 Å². The molecule has 4 heteroatoms. The number of anilines is 1. The van der Waals surface area contributed by atoms with E-state index in [0.29, 0.717) is 17.3 Å². The highest BCUT2D eigenvalue weighted by Gasteiger charge is 2.27. The molecule has 20 heavy (non-hydrogen) atoms. The van der Waals surface area contributed by atoms with Gasteiger partial charge in [-0.15, -0.1) is 0 Å². The van der Waals surface area contributed by atoms with E-state index in [1.165, 1.54) is 6.07 Å². The van der Waals surface area contributed by atoms with Crippen molar-refractivity contribution in [1.82, 2.24) is 4.90 Å². The molecule has 0 radical (unpaired) electrons. The van der Waals surface area contributed by atoms with Gasteiger partial charge in [0.15, 0.2) is 0 Å². The zero-order valence-corrected chi connectivity index (χ0v) is 12.6. The summed E-state index contributed by atoms with van der Waals surface area (Å²) in [6, 6.07) is 5.57. The second-order valence-electron chi connectivity index (χ2n) is 5.50. The molecule has 0 spiro atoms. The van der Waals surface area contributed by atoms with Crippen molar-refractivity contribution in [3.63, 3.8) is 0 Å². The average Bonchev–Trinajstić information content (AvgIpc) is 2.89. The molecule has 1 aromatic carbocycles. The Morgan fingerprint density at radius 2 is 2.10 bits per heavy atom. The van der Waals surface area contributed by atoms with Gasteiger partial charge in [-0.25, -0.2) is 4.39 Å². The smallest absolute Gasteiger partial charge is 0.146 e. The Bertz CT molecular complexity index is 446. The molecule has 0 saturated carbocycles. The van der Waals surface area contributed by atoms with Crippen molar-refractivity contribution in [2.75, 3.05) is 31.1 Å². The fourth-order valence-corrected chi connectivity index (χ4v) is 3.04. The molecular weight excluding hydrogens is 255 g/mol. The predicted octanol–water partition coefficient (Wildman–Crippen LogP) is 2.80. The molecule has 1 aromatic rings. The van der Waals surface area contributed by atoms with Gasteiger partial charge in [-0.3, -0.25) is 4.90 Å². The Kier molecular flexibility index (Phi) is 5.00. The number of likely N-dealkylation sites (N-methyl/N-ethyl adjacent to an activating group) is 1. The lowest BCUT2D eigenvalue weighted by Crippen LogP contribution is -2.37. The minimum Gasteiger partial charge on any atom is -0.389 e. The van der Waals surface area contributed by atoms with Gasteiger partial charge in [0.2, 0.25) is 0 Å². The molecule has 0 bridgehead atoms. The number of rotatable bonds is 5. The van der Waals surface area contributed by atoms with Crippen molar-refractivity contribution in [3.05, 3.63) is 29.6 Å². The number of nitrogens with zero attached hydrogens (tertiary/aromatic N) is 2. The van der Waals surface area contributed by atoms with E-state index in [9.17, 15) is 9.50 Å². The van der Waals surface area contributed by atoms with E-state index in [4.69, 9.17) is 0 Å². The number of halogens is 1. The van der Waals surface area contributed by atoms with Gasteiger partial charge in [0.1, 0.15) is 5.82 Å². The number of hydrogen-bond acceptors (Lipinski definition) is 3. The van der Waals surface area contributed by atoms with Crippen LogP contribution in [0.2, 0.25) is 0 Å². The topological polar surface area (TPSA) is 26.7 Å². The van der Waals surface area contributed by atoms with Gasteiger partial charge >= 0.3 is 0 Å². The zero-order chi connectivity index (χ0) is 14.7. The van der Waals surface area contributed by atoms with Crippen molar-refractivity contribution < 1.29 is 9.50 Å². The largest absolute Gasteiger partial charge is 0.389 e. The molecule has 112 valence electrons. The molecule has 1 fully saturated rings. The predicted molar refractivity (Wildman–Crippen MR) is 80.6 cm³/mol. The van der Waals surface area contributed by atoms with E-state index in [1.54, 1.807) is 13.0 Å². The van der Waals surface area contributed by atoms with E-state index in [0.717, 1.165) is 32.6 Å². The number of aliphatic hydroxyl groups excluding tert-OH is 1. The lowest BCUT2D eigenvalue weighted by molar-refractivity contribution is 0.199. The van der Waals surface area contributed by atoms with Crippen LogP contribution < -0.4 is 4.90 Å². The second kappa shape index (κ2) is 6.55. The van der Waals surface area contributed by atoms with E-state index in [-0.39, 0.29) is 5.82 Å². The van der Waals surface area contributed by atoms with E-state index in [1.807, 2.05) is 6.07 Å². The van der Waals surface area contributed by atoms with Crippen molar-refractivity contribution in [2.45, 2.75) is 39.3 Å². The monoisotopic (exact) mass is 280 g/mol. The molecule has 3 nitrogen and oxygen atoms in total. The Labute approximate surface area is 121 Å². The first-order valence-corrected chi connectivity index (χ1v) is 7.53. The van der Waals surface area contributed by atoms with Gasteiger partial charge in [0.05, 0.1) is 11.8 Å². The standard InChI is InChI=1S/C16H25FN2O/c1-4-18(5-2)14-8-9-19(11-14)16-7-6-13(12(3)20)10-15(16)17/h6-7,10,12,14,20H,4-5,8-9,11H2,1-3H3/t12-,14?/m1/s1. The average molecular weight is 280 g/mol. The van der Waals surface area contributed by atoms with Gasteiger partial charge in [0, 0.05) is 19.1 Å². The summed E-state index contributed by atoms with van der Waals surface area (Å²) in [4.78, 5) is 4.55. The van der Waals surface area contributed by atoms with Crippen LogP contribution in [0.5, 0.6) is 0 Å². The first-order chi connectivity index (χ1) is 9.56. The summed E-state index contributed by atoms with van der Waals surface area (Å²) in [5.41, 5.74) is 1.29. The maximum absolute atomic E-state index is 14.2. The SMILES string of the molecule is CCN(CC)C1CCN(c2ccc([C@@H](C)O)cc2F)C1. The molecule has 0 aliphatic carbocycles.